The smallest absolute Gasteiger partial charge is 0.248 e. The molecule has 0 aliphatic rings. The highest BCUT2D eigenvalue weighted by Crippen LogP contribution is 2.29. The molecule has 0 saturated carbocycles. The van der Waals surface area contributed by atoms with Crippen LogP contribution in [0.15, 0.2) is 61.2 Å². The molecule has 1 unspecified atom stereocenters. The minimum absolute atomic E-state index is 0.115. The van der Waals surface area contributed by atoms with E-state index in [4.69, 9.17) is 9.47 Å². The standard InChI is InChI=1S/C21H23NO3/c1-5-16(3)25-19-12-8-17(14-20(19)24-4)9-13-21(23)22-18-10-6-15(2)7-11-18/h5-14,16H,1H2,2-4H3,(H,22,23)/b13-9+. The van der Waals surface area contributed by atoms with E-state index in [2.05, 4.69) is 11.9 Å². The van der Waals surface area contributed by atoms with Gasteiger partial charge in [-0.05, 0) is 49.8 Å². The molecular formula is C21H23NO3. The highest BCUT2D eigenvalue weighted by Gasteiger charge is 2.07. The van der Waals surface area contributed by atoms with Crippen molar-refractivity contribution < 1.29 is 14.3 Å². The third-order valence-electron chi connectivity index (χ3n) is 3.58. The number of rotatable bonds is 7. The Bertz CT molecular complexity index is 763. The van der Waals surface area contributed by atoms with E-state index in [-0.39, 0.29) is 12.0 Å². The number of benzene rings is 2. The SMILES string of the molecule is C=CC(C)Oc1ccc(/C=C/C(=O)Nc2ccc(C)cc2)cc1OC. The van der Waals surface area contributed by atoms with Crippen LogP contribution in [0.3, 0.4) is 0 Å². The van der Waals surface area contributed by atoms with Gasteiger partial charge in [0.15, 0.2) is 11.5 Å². The quantitative estimate of drug-likeness (QED) is 0.593. The van der Waals surface area contributed by atoms with E-state index < -0.39 is 0 Å². The fraction of sp³-hybridized carbons (Fsp3) is 0.190. The van der Waals surface area contributed by atoms with E-state index in [1.54, 1.807) is 19.3 Å². The molecule has 0 aliphatic carbocycles. The molecule has 2 rings (SSSR count). The van der Waals surface area contributed by atoms with Crippen LogP contribution in [0.5, 0.6) is 11.5 Å². The summed E-state index contributed by atoms with van der Waals surface area (Å²) < 4.78 is 11.1. The summed E-state index contributed by atoms with van der Waals surface area (Å²) in [4.78, 5) is 12.0. The van der Waals surface area contributed by atoms with Gasteiger partial charge in [0.05, 0.1) is 7.11 Å². The second-order valence-electron chi connectivity index (χ2n) is 5.66. The van der Waals surface area contributed by atoms with Crippen molar-refractivity contribution in [3.63, 3.8) is 0 Å². The number of carbonyl (C=O) groups excluding carboxylic acids is 1. The zero-order valence-electron chi connectivity index (χ0n) is 14.8. The molecule has 0 aromatic heterocycles. The third-order valence-corrected chi connectivity index (χ3v) is 3.58. The van der Waals surface area contributed by atoms with Gasteiger partial charge < -0.3 is 14.8 Å². The average Bonchev–Trinajstić information content (AvgIpc) is 2.62. The van der Waals surface area contributed by atoms with Gasteiger partial charge in [0, 0.05) is 11.8 Å². The summed E-state index contributed by atoms with van der Waals surface area (Å²) in [6.45, 7) is 7.60. The van der Waals surface area contributed by atoms with Crippen LogP contribution in [-0.2, 0) is 4.79 Å². The van der Waals surface area contributed by atoms with Crippen molar-refractivity contribution in [2.45, 2.75) is 20.0 Å². The van der Waals surface area contributed by atoms with Crippen LogP contribution >= 0.6 is 0 Å². The van der Waals surface area contributed by atoms with Gasteiger partial charge in [0.1, 0.15) is 6.10 Å². The summed E-state index contributed by atoms with van der Waals surface area (Å²) >= 11 is 0. The number of ether oxygens (including phenoxy) is 2. The Labute approximate surface area is 148 Å². The molecule has 4 heteroatoms. The molecule has 4 nitrogen and oxygen atoms in total. The summed E-state index contributed by atoms with van der Waals surface area (Å²) in [6.07, 6.45) is 4.81. The van der Waals surface area contributed by atoms with Crippen molar-refractivity contribution in [2.75, 3.05) is 12.4 Å². The zero-order valence-corrected chi connectivity index (χ0v) is 14.8. The molecule has 0 radical (unpaired) electrons. The molecular weight excluding hydrogens is 314 g/mol. The predicted molar refractivity (Wildman–Crippen MR) is 102 cm³/mol. The van der Waals surface area contributed by atoms with Gasteiger partial charge in [-0.2, -0.15) is 0 Å². The lowest BCUT2D eigenvalue weighted by Crippen LogP contribution is -2.08. The van der Waals surface area contributed by atoms with Gasteiger partial charge in [-0.1, -0.05) is 36.4 Å². The molecule has 130 valence electrons. The monoisotopic (exact) mass is 337 g/mol. The molecule has 1 N–H and O–H groups in total. The first-order valence-electron chi connectivity index (χ1n) is 8.05. The second-order valence-corrected chi connectivity index (χ2v) is 5.66. The van der Waals surface area contributed by atoms with Crippen LogP contribution in [0.25, 0.3) is 6.08 Å². The minimum atomic E-state index is -0.191. The van der Waals surface area contributed by atoms with E-state index >= 15 is 0 Å². The number of hydrogen-bond donors (Lipinski definition) is 1. The minimum Gasteiger partial charge on any atom is -0.493 e. The lowest BCUT2D eigenvalue weighted by atomic mass is 10.2. The van der Waals surface area contributed by atoms with Crippen LogP contribution in [-0.4, -0.2) is 19.1 Å². The number of nitrogens with one attached hydrogen (secondary N) is 1. The number of anilines is 1. The van der Waals surface area contributed by atoms with Gasteiger partial charge in [0.2, 0.25) is 5.91 Å². The Hall–Kier alpha value is -3.01. The van der Waals surface area contributed by atoms with Crippen molar-refractivity contribution in [3.8, 4) is 11.5 Å². The molecule has 1 amide bonds. The van der Waals surface area contributed by atoms with Gasteiger partial charge in [-0.3, -0.25) is 4.79 Å². The fourth-order valence-corrected chi connectivity index (χ4v) is 2.13. The molecule has 0 fully saturated rings. The maximum absolute atomic E-state index is 12.0. The van der Waals surface area contributed by atoms with Crippen molar-refractivity contribution in [1.29, 1.82) is 0 Å². The topological polar surface area (TPSA) is 47.6 Å². The first-order chi connectivity index (χ1) is 12.0. The molecule has 0 saturated heterocycles. The van der Waals surface area contributed by atoms with Crippen LogP contribution in [0.4, 0.5) is 5.69 Å². The lowest BCUT2D eigenvalue weighted by Gasteiger charge is -2.14. The summed E-state index contributed by atoms with van der Waals surface area (Å²) in [7, 11) is 1.58. The molecule has 0 heterocycles. The third kappa shape index (κ3) is 5.53. The summed E-state index contributed by atoms with van der Waals surface area (Å²) in [6, 6.07) is 13.1. The fourth-order valence-electron chi connectivity index (χ4n) is 2.13. The molecule has 25 heavy (non-hydrogen) atoms. The van der Waals surface area contributed by atoms with E-state index in [1.807, 2.05) is 56.3 Å². The van der Waals surface area contributed by atoms with Crippen LogP contribution in [0.1, 0.15) is 18.1 Å². The Balaban J connectivity index is 2.05. The van der Waals surface area contributed by atoms with Crippen molar-refractivity contribution in [2.24, 2.45) is 0 Å². The normalized spacial score (nSPS) is 11.8. The number of methoxy groups -OCH3 is 1. The molecule has 0 aliphatic heterocycles. The first-order valence-corrected chi connectivity index (χ1v) is 8.05. The highest BCUT2D eigenvalue weighted by atomic mass is 16.5. The molecule has 0 spiro atoms. The number of amides is 1. The maximum Gasteiger partial charge on any atom is 0.248 e. The van der Waals surface area contributed by atoms with Crippen LogP contribution in [0, 0.1) is 6.92 Å². The largest absolute Gasteiger partial charge is 0.493 e. The van der Waals surface area contributed by atoms with E-state index in [0.29, 0.717) is 11.5 Å². The number of hydrogen-bond acceptors (Lipinski definition) is 3. The Morgan fingerprint density at radius 2 is 1.88 bits per heavy atom. The van der Waals surface area contributed by atoms with Gasteiger partial charge in [-0.25, -0.2) is 0 Å². The van der Waals surface area contributed by atoms with Crippen molar-refractivity contribution in [3.05, 3.63) is 72.3 Å². The first kappa shape index (κ1) is 18.3. The number of carbonyl (C=O) groups is 1. The molecule has 2 aromatic rings. The Kier molecular flexibility index (Phi) is 6.40. The Morgan fingerprint density at radius 1 is 1.16 bits per heavy atom. The Morgan fingerprint density at radius 3 is 2.52 bits per heavy atom. The summed E-state index contributed by atoms with van der Waals surface area (Å²) in [5, 5.41) is 2.82. The van der Waals surface area contributed by atoms with Gasteiger partial charge in [-0.15, -0.1) is 0 Å². The lowest BCUT2D eigenvalue weighted by molar-refractivity contribution is -0.111. The highest BCUT2D eigenvalue weighted by molar-refractivity contribution is 6.01. The van der Waals surface area contributed by atoms with Gasteiger partial charge >= 0.3 is 0 Å². The molecule has 0 bridgehead atoms. The van der Waals surface area contributed by atoms with Crippen LogP contribution < -0.4 is 14.8 Å². The van der Waals surface area contributed by atoms with Crippen LogP contribution in [0.2, 0.25) is 0 Å². The van der Waals surface area contributed by atoms with Gasteiger partial charge in [0.25, 0.3) is 0 Å². The van der Waals surface area contributed by atoms with E-state index in [9.17, 15) is 4.79 Å². The van der Waals surface area contributed by atoms with Crippen molar-refractivity contribution in [1.82, 2.24) is 0 Å². The second kappa shape index (κ2) is 8.73. The van der Waals surface area contributed by atoms with E-state index in [0.717, 1.165) is 16.8 Å². The molecule has 1 atom stereocenters. The predicted octanol–water partition coefficient (Wildman–Crippen LogP) is 4.61. The maximum atomic E-state index is 12.0. The summed E-state index contributed by atoms with van der Waals surface area (Å²) in [5.41, 5.74) is 2.75. The average molecular weight is 337 g/mol. The zero-order chi connectivity index (χ0) is 18.2. The molecule has 2 aromatic carbocycles. The number of aryl methyl sites for hydroxylation is 1. The van der Waals surface area contributed by atoms with E-state index in [1.165, 1.54) is 6.08 Å². The summed E-state index contributed by atoms with van der Waals surface area (Å²) in [5.74, 6) is 1.05. The van der Waals surface area contributed by atoms with Crippen molar-refractivity contribution >= 4 is 17.7 Å².